The highest BCUT2D eigenvalue weighted by Crippen LogP contribution is 2.37. The Balaban J connectivity index is 2.09. The van der Waals surface area contributed by atoms with Gasteiger partial charge in [-0.05, 0) is 38.5 Å². The lowest BCUT2D eigenvalue weighted by Gasteiger charge is -2.08. The number of methoxy groups -OCH3 is 1. The Kier molecular flexibility index (Phi) is 4.85. The fraction of sp³-hybridized carbons (Fsp3) is 0.278. The molecule has 3 rings (SSSR count). The summed E-state index contributed by atoms with van der Waals surface area (Å²) in [6.45, 7) is 5.74. The number of aryl methyl sites for hydroxylation is 2. The number of rotatable bonds is 5. The van der Waals surface area contributed by atoms with Crippen molar-refractivity contribution >= 4 is 27.5 Å². The fourth-order valence-corrected chi connectivity index (χ4v) is 3.56. The molecule has 0 atom stereocenters. The molecule has 0 N–H and O–H groups in total. The molecule has 0 aliphatic heterocycles. The van der Waals surface area contributed by atoms with Crippen LogP contribution in [-0.2, 0) is 4.74 Å². The van der Waals surface area contributed by atoms with Crippen LogP contribution < -0.4 is 9.47 Å². The van der Waals surface area contributed by atoms with Crippen LogP contribution in [0.15, 0.2) is 24.3 Å². The molecule has 0 saturated carbocycles. The lowest BCUT2D eigenvalue weighted by Crippen LogP contribution is -2.03. The molecule has 0 aliphatic rings. The number of ether oxygens (including phenoxy) is 3. The normalized spacial score (nSPS) is 10.7. The molecule has 130 valence electrons. The van der Waals surface area contributed by atoms with Crippen LogP contribution in [-0.4, -0.2) is 29.7 Å². The molecule has 0 radical (unpaired) electrons. The number of fused-ring (bicyclic) bond motifs is 1. The average Bonchev–Trinajstić information content (AvgIpc) is 2.92. The van der Waals surface area contributed by atoms with E-state index in [1.54, 1.807) is 27.0 Å². The minimum absolute atomic E-state index is 0.324. The van der Waals surface area contributed by atoms with E-state index < -0.39 is 0 Å². The molecule has 0 saturated heterocycles. The van der Waals surface area contributed by atoms with Gasteiger partial charge in [0, 0.05) is 6.07 Å². The van der Waals surface area contributed by atoms with Crippen LogP contribution in [0.4, 0.5) is 0 Å². The van der Waals surface area contributed by atoms with Crippen LogP contribution in [0.3, 0.4) is 0 Å². The Hall–Kier alpha value is -2.67. The first-order valence-corrected chi connectivity index (χ1v) is 8.62. The summed E-state index contributed by atoms with van der Waals surface area (Å²) in [5.41, 5.74) is 0.761. The Labute approximate surface area is 149 Å². The van der Waals surface area contributed by atoms with Crippen molar-refractivity contribution < 1.29 is 19.0 Å². The van der Waals surface area contributed by atoms with Gasteiger partial charge in [0.25, 0.3) is 0 Å². The van der Waals surface area contributed by atoms with E-state index in [4.69, 9.17) is 14.2 Å². The van der Waals surface area contributed by atoms with E-state index in [0.29, 0.717) is 39.5 Å². The number of hydrogen-bond donors (Lipinski definition) is 0. The maximum Gasteiger partial charge on any atom is 0.348 e. The van der Waals surface area contributed by atoms with Crippen molar-refractivity contribution in [2.24, 2.45) is 0 Å². The zero-order valence-corrected chi connectivity index (χ0v) is 15.3. The molecule has 25 heavy (non-hydrogen) atoms. The highest BCUT2D eigenvalue weighted by molar-refractivity contribution is 7.20. The Morgan fingerprint density at radius 2 is 1.96 bits per heavy atom. The number of carbonyl (C=O) groups excluding carboxylic acids is 1. The van der Waals surface area contributed by atoms with Gasteiger partial charge in [0.1, 0.15) is 27.0 Å². The first kappa shape index (κ1) is 17.2. The molecule has 0 amide bonds. The smallest absolute Gasteiger partial charge is 0.348 e. The van der Waals surface area contributed by atoms with E-state index in [-0.39, 0.29) is 5.97 Å². The predicted molar refractivity (Wildman–Crippen MR) is 95.9 cm³/mol. The van der Waals surface area contributed by atoms with Crippen LogP contribution >= 0.6 is 11.3 Å². The van der Waals surface area contributed by atoms with Gasteiger partial charge in [-0.25, -0.2) is 9.78 Å². The van der Waals surface area contributed by atoms with E-state index in [0.717, 1.165) is 10.9 Å². The van der Waals surface area contributed by atoms with Crippen LogP contribution in [0.25, 0.3) is 10.2 Å². The zero-order valence-electron chi connectivity index (χ0n) is 14.5. The van der Waals surface area contributed by atoms with Gasteiger partial charge < -0.3 is 14.2 Å². The lowest BCUT2D eigenvalue weighted by atomic mass is 10.2. The quantitative estimate of drug-likeness (QED) is 0.634. The average molecular weight is 358 g/mol. The number of aromatic nitrogens is 2. The summed E-state index contributed by atoms with van der Waals surface area (Å²) in [6, 6.07) is 7.27. The van der Waals surface area contributed by atoms with Crippen molar-refractivity contribution in [2.45, 2.75) is 20.8 Å². The minimum Gasteiger partial charge on any atom is -0.497 e. The summed E-state index contributed by atoms with van der Waals surface area (Å²) in [5, 5.41) is 0.724. The van der Waals surface area contributed by atoms with E-state index in [1.165, 1.54) is 11.3 Å². The van der Waals surface area contributed by atoms with Gasteiger partial charge in [-0.1, -0.05) is 6.07 Å². The van der Waals surface area contributed by atoms with Gasteiger partial charge in [0.2, 0.25) is 5.88 Å². The SMILES string of the molecule is CCOC(=O)c1sc2nc(C)nc(Oc3cccc(OC)c3)c2c1C. The molecule has 3 aromatic rings. The van der Waals surface area contributed by atoms with Gasteiger partial charge in [-0.15, -0.1) is 11.3 Å². The van der Waals surface area contributed by atoms with E-state index in [9.17, 15) is 4.79 Å². The molecule has 0 spiro atoms. The monoisotopic (exact) mass is 358 g/mol. The molecule has 0 unspecified atom stereocenters. The van der Waals surface area contributed by atoms with Crippen molar-refractivity contribution in [1.82, 2.24) is 9.97 Å². The maximum absolute atomic E-state index is 12.2. The van der Waals surface area contributed by atoms with E-state index >= 15 is 0 Å². The lowest BCUT2D eigenvalue weighted by molar-refractivity contribution is 0.0531. The second-order valence-corrected chi connectivity index (χ2v) is 6.31. The summed E-state index contributed by atoms with van der Waals surface area (Å²) < 4.78 is 16.3. The van der Waals surface area contributed by atoms with Gasteiger partial charge >= 0.3 is 5.97 Å². The molecule has 0 aliphatic carbocycles. The summed E-state index contributed by atoms with van der Waals surface area (Å²) in [7, 11) is 1.60. The highest BCUT2D eigenvalue weighted by atomic mass is 32.1. The molecule has 0 bridgehead atoms. The van der Waals surface area contributed by atoms with Crippen LogP contribution in [0.1, 0.15) is 28.0 Å². The Morgan fingerprint density at radius 1 is 1.20 bits per heavy atom. The molecule has 6 nitrogen and oxygen atoms in total. The number of benzene rings is 1. The van der Waals surface area contributed by atoms with Crippen molar-refractivity contribution in [2.75, 3.05) is 13.7 Å². The largest absolute Gasteiger partial charge is 0.497 e. The number of carbonyl (C=O) groups is 1. The van der Waals surface area contributed by atoms with Crippen molar-refractivity contribution in [3.63, 3.8) is 0 Å². The first-order valence-electron chi connectivity index (χ1n) is 7.80. The Bertz CT molecular complexity index is 936. The number of thiophene rings is 1. The third-order valence-corrected chi connectivity index (χ3v) is 4.75. The van der Waals surface area contributed by atoms with Crippen molar-refractivity contribution in [3.05, 3.63) is 40.5 Å². The number of nitrogens with zero attached hydrogens (tertiary/aromatic N) is 2. The summed E-state index contributed by atoms with van der Waals surface area (Å²) in [4.78, 5) is 22.2. The zero-order chi connectivity index (χ0) is 18.0. The third kappa shape index (κ3) is 3.41. The van der Waals surface area contributed by atoms with Crippen LogP contribution in [0.2, 0.25) is 0 Å². The fourth-order valence-electron chi connectivity index (χ4n) is 2.45. The predicted octanol–water partition coefficient (Wildman–Crippen LogP) is 4.29. The molecular formula is C18H18N2O4S. The molecule has 0 fully saturated rings. The minimum atomic E-state index is -0.354. The molecule has 2 heterocycles. The first-order chi connectivity index (χ1) is 12.0. The standard InChI is InChI=1S/C18H18N2O4S/c1-5-23-18(21)15-10(2)14-16(19-11(3)20-17(14)25-15)24-13-8-6-7-12(9-13)22-4/h6-9H,5H2,1-4H3. The summed E-state index contributed by atoms with van der Waals surface area (Å²) in [6.07, 6.45) is 0. The van der Waals surface area contributed by atoms with Crippen LogP contribution in [0, 0.1) is 13.8 Å². The van der Waals surface area contributed by atoms with Crippen molar-refractivity contribution in [3.8, 4) is 17.4 Å². The summed E-state index contributed by atoms with van der Waals surface area (Å²) in [5.74, 6) is 1.92. The number of hydrogen-bond acceptors (Lipinski definition) is 7. The van der Waals surface area contributed by atoms with E-state index in [1.807, 2.05) is 25.1 Å². The maximum atomic E-state index is 12.2. The molecular weight excluding hydrogens is 340 g/mol. The third-order valence-electron chi connectivity index (χ3n) is 3.59. The second kappa shape index (κ2) is 7.06. The molecule has 7 heteroatoms. The second-order valence-electron chi connectivity index (χ2n) is 5.31. The van der Waals surface area contributed by atoms with Gasteiger partial charge in [0.15, 0.2) is 0 Å². The highest BCUT2D eigenvalue weighted by Gasteiger charge is 2.22. The van der Waals surface area contributed by atoms with Gasteiger partial charge in [0.05, 0.1) is 19.1 Å². The Morgan fingerprint density at radius 3 is 2.68 bits per heavy atom. The topological polar surface area (TPSA) is 70.5 Å². The van der Waals surface area contributed by atoms with Gasteiger partial charge in [-0.3, -0.25) is 0 Å². The van der Waals surface area contributed by atoms with Gasteiger partial charge in [-0.2, -0.15) is 4.98 Å². The van der Waals surface area contributed by atoms with Crippen LogP contribution in [0.5, 0.6) is 17.4 Å². The number of esters is 1. The summed E-state index contributed by atoms with van der Waals surface area (Å²) >= 11 is 1.29. The van der Waals surface area contributed by atoms with Crippen molar-refractivity contribution in [1.29, 1.82) is 0 Å². The van der Waals surface area contributed by atoms with E-state index in [2.05, 4.69) is 9.97 Å². The molecule has 1 aromatic carbocycles. The molecule has 2 aromatic heterocycles.